The highest BCUT2D eigenvalue weighted by atomic mass is 35.5. The highest BCUT2D eigenvalue weighted by molar-refractivity contribution is 7.98. The molecular formula is C10H8Cl2N4S. The van der Waals surface area contributed by atoms with Crippen molar-refractivity contribution >= 4 is 46.5 Å². The monoisotopic (exact) mass is 286 g/mol. The molecule has 1 aromatic carbocycles. The summed E-state index contributed by atoms with van der Waals surface area (Å²) in [5.74, 6) is 0.396. The van der Waals surface area contributed by atoms with Crippen LogP contribution in [0.25, 0.3) is 0 Å². The lowest BCUT2D eigenvalue weighted by atomic mass is 10.3. The molecule has 0 aliphatic rings. The molecule has 0 fully saturated rings. The normalized spacial score (nSPS) is 10.3. The number of nitrogens with zero attached hydrogens (tertiary/aromatic N) is 3. The zero-order valence-corrected chi connectivity index (χ0v) is 11.1. The lowest BCUT2D eigenvalue weighted by Crippen LogP contribution is -1.99. The van der Waals surface area contributed by atoms with Gasteiger partial charge in [0.25, 0.3) is 0 Å². The van der Waals surface area contributed by atoms with Crippen LogP contribution in [0.2, 0.25) is 10.4 Å². The standard InChI is InChI=1S/C10H8Cl2N4S/c1-17-7-5-3-2-4-6(7)13-9-8(11)15-16-10(12)14-9/h2-5H,1H3,(H,13,14,16). The summed E-state index contributed by atoms with van der Waals surface area (Å²) in [7, 11) is 0. The molecule has 17 heavy (non-hydrogen) atoms. The molecule has 1 N–H and O–H groups in total. The van der Waals surface area contributed by atoms with Gasteiger partial charge in [-0.3, -0.25) is 0 Å². The first kappa shape index (κ1) is 12.4. The summed E-state index contributed by atoms with van der Waals surface area (Å²) in [6, 6.07) is 7.81. The average molecular weight is 287 g/mol. The Bertz CT molecular complexity index is 535. The summed E-state index contributed by atoms with van der Waals surface area (Å²) in [5, 5.41) is 10.6. The van der Waals surface area contributed by atoms with Gasteiger partial charge in [-0.25, -0.2) is 0 Å². The van der Waals surface area contributed by atoms with Crippen molar-refractivity contribution < 1.29 is 0 Å². The van der Waals surface area contributed by atoms with Crippen molar-refractivity contribution in [1.82, 2.24) is 15.2 Å². The minimum Gasteiger partial charge on any atom is -0.337 e. The number of hydrogen-bond donors (Lipinski definition) is 1. The number of benzene rings is 1. The molecule has 0 unspecified atom stereocenters. The molecule has 0 saturated carbocycles. The second-order valence-electron chi connectivity index (χ2n) is 3.05. The maximum absolute atomic E-state index is 5.88. The number of halogens is 2. The van der Waals surface area contributed by atoms with E-state index in [9.17, 15) is 0 Å². The Balaban J connectivity index is 2.34. The van der Waals surface area contributed by atoms with E-state index in [2.05, 4.69) is 20.5 Å². The fraction of sp³-hybridized carbons (Fsp3) is 0.100. The molecule has 1 aromatic heterocycles. The van der Waals surface area contributed by atoms with Gasteiger partial charge in [-0.15, -0.1) is 22.0 Å². The average Bonchev–Trinajstić information content (AvgIpc) is 2.34. The number of aromatic nitrogens is 3. The molecule has 1 heterocycles. The van der Waals surface area contributed by atoms with Crippen LogP contribution in [0.4, 0.5) is 11.5 Å². The topological polar surface area (TPSA) is 50.7 Å². The van der Waals surface area contributed by atoms with Crippen LogP contribution < -0.4 is 5.32 Å². The predicted molar refractivity (Wildman–Crippen MR) is 71.4 cm³/mol. The summed E-state index contributed by atoms with van der Waals surface area (Å²) in [6.45, 7) is 0. The quantitative estimate of drug-likeness (QED) is 0.873. The number of hydrogen-bond acceptors (Lipinski definition) is 5. The molecule has 2 rings (SSSR count). The van der Waals surface area contributed by atoms with Gasteiger partial charge in [0.05, 0.1) is 5.69 Å². The van der Waals surface area contributed by atoms with Crippen molar-refractivity contribution in [3.8, 4) is 0 Å². The third kappa shape index (κ3) is 3.00. The van der Waals surface area contributed by atoms with Gasteiger partial charge in [-0.2, -0.15) is 4.98 Å². The Kier molecular flexibility index (Phi) is 4.04. The third-order valence-corrected chi connectivity index (χ3v) is 3.19. The highest BCUT2D eigenvalue weighted by Gasteiger charge is 2.08. The van der Waals surface area contributed by atoms with Gasteiger partial charge in [0.2, 0.25) is 5.28 Å². The van der Waals surface area contributed by atoms with E-state index in [0.717, 1.165) is 10.6 Å². The summed E-state index contributed by atoms with van der Waals surface area (Å²) in [5.41, 5.74) is 0.901. The van der Waals surface area contributed by atoms with Crippen molar-refractivity contribution in [2.45, 2.75) is 4.90 Å². The summed E-state index contributed by atoms with van der Waals surface area (Å²) in [4.78, 5) is 5.06. The molecule has 0 spiro atoms. The first-order valence-corrected chi connectivity index (χ1v) is 6.64. The first-order chi connectivity index (χ1) is 8.20. The lowest BCUT2D eigenvalue weighted by Gasteiger charge is -2.09. The molecule has 0 radical (unpaired) electrons. The highest BCUT2D eigenvalue weighted by Crippen LogP contribution is 2.29. The van der Waals surface area contributed by atoms with E-state index < -0.39 is 0 Å². The SMILES string of the molecule is CSc1ccccc1Nc1nc(Cl)nnc1Cl. The molecular weight excluding hydrogens is 279 g/mol. The Hall–Kier alpha value is -1.04. The minimum absolute atomic E-state index is 0.0542. The predicted octanol–water partition coefficient (Wildman–Crippen LogP) is 3.64. The molecule has 0 saturated heterocycles. The van der Waals surface area contributed by atoms with E-state index in [-0.39, 0.29) is 10.4 Å². The number of para-hydroxylation sites is 1. The van der Waals surface area contributed by atoms with E-state index in [1.807, 2.05) is 30.5 Å². The smallest absolute Gasteiger partial charge is 0.245 e. The molecule has 0 bridgehead atoms. The van der Waals surface area contributed by atoms with Gasteiger partial charge in [0.1, 0.15) is 0 Å². The Labute approximate surface area is 113 Å². The van der Waals surface area contributed by atoms with E-state index in [0.29, 0.717) is 5.82 Å². The minimum atomic E-state index is 0.0542. The van der Waals surface area contributed by atoms with Gasteiger partial charge in [0, 0.05) is 4.90 Å². The maximum Gasteiger partial charge on any atom is 0.245 e. The van der Waals surface area contributed by atoms with Crippen molar-refractivity contribution in [2.24, 2.45) is 0 Å². The van der Waals surface area contributed by atoms with Crippen LogP contribution in [0.3, 0.4) is 0 Å². The van der Waals surface area contributed by atoms with Crippen LogP contribution in [0.15, 0.2) is 29.2 Å². The molecule has 4 nitrogen and oxygen atoms in total. The molecule has 0 amide bonds. The van der Waals surface area contributed by atoms with Crippen LogP contribution in [0, 0.1) is 0 Å². The van der Waals surface area contributed by atoms with Crippen LogP contribution in [0.1, 0.15) is 0 Å². The van der Waals surface area contributed by atoms with Crippen LogP contribution >= 0.6 is 35.0 Å². The molecule has 7 heteroatoms. The maximum atomic E-state index is 5.88. The second-order valence-corrected chi connectivity index (χ2v) is 4.59. The van der Waals surface area contributed by atoms with Crippen LogP contribution in [-0.2, 0) is 0 Å². The fourth-order valence-corrected chi connectivity index (χ4v) is 2.05. The largest absolute Gasteiger partial charge is 0.337 e. The van der Waals surface area contributed by atoms with E-state index in [4.69, 9.17) is 23.2 Å². The molecule has 0 atom stereocenters. The Morgan fingerprint density at radius 1 is 1.18 bits per heavy atom. The van der Waals surface area contributed by atoms with E-state index in [1.54, 1.807) is 11.8 Å². The molecule has 2 aromatic rings. The zero-order chi connectivity index (χ0) is 12.3. The van der Waals surface area contributed by atoms with Gasteiger partial charge in [-0.1, -0.05) is 23.7 Å². The number of rotatable bonds is 3. The van der Waals surface area contributed by atoms with E-state index in [1.165, 1.54) is 0 Å². The summed E-state index contributed by atoms with van der Waals surface area (Å²) >= 11 is 13.2. The lowest BCUT2D eigenvalue weighted by molar-refractivity contribution is 0.974. The Morgan fingerprint density at radius 3 is 2.71 bits per heavy atom. The Morgan fingerprint density at radius 2 is 1.94 bits per heavy atom. The number of nitrogens with one attached hydrogen (secondary N) is 1. The van der Waals surface area contributed by atoms with Crippen molar-refractivity contribution in [1.29, 1.82) is 0 Å². The van der Waals surface area contributed by atoms with Crippen LogP contribution in [0.5, 0.6) is 0 Å². The van der Waals surface area contributed by atoms with Crippen molar-refractivity contribution in [2.75, 3.05) is 11.6 Å². The van der Waals surface area contributed by atoms with E-state index >= 15 is 0 Å². The second kappa shape index (κ2) is 5.53. The number of thioether (sulfide) groups is 1. The summed E-state index contributed by atoms with van der Waals surface area (Å²) < 4.78 is 0. The number of anilines is 2. The van der Waals surface area contributed by atoms with Gasteiger partial charge in [0.15, 0.2) is 11.0 Å². The molecule has 88 valence electrons. The molecule has 0 aliphatic heterocycles. The van der Waals surface area contributed by atoms with Gasteiger partial charge in [-0.05, 0) is 30.0 Å². The molecule has 0 aliphatic carbocycles. The van der Waals surface area contributed by atoms with Crippen molar-refractivity contribution in [3.05, 3.63) is 34.7 Å². The third-order valence-electron chi connectivity index (χ3n) is 1.98. The first-order valence-electron chi connectivity index (χ1n) is 4.66. The zero-order valence-electron chi connectivity index (χ0n) is 8.82. The van der Waals surface area contributed by atoms with Crippen LogP contribution in [-0.4, -0.2) is 21.4 Å². The van der Waals surface area contributed by atoms with Gasteiger partial charge < -0.3 is 5.32 Å². The summed E-state index contributed by atoms with van der Waals surface area (Å²) in [6.07, 6.45) is 1.99. The van der Waals surface area contributed by atoms with Crippen molar-refractivity contribution in [3.63, 3.8) is 0 Å². The fourth-order valence-electron chi connectivity index (χ4n) is 1.25. The van der Waals surface area contributed by atoms with Gasteiger partial charge >= 0.3 is 0 Å².